The minimum Gasteiger partial charge on any atom is -0.456 e. The lowest BCUT2D eigenvalue weighted by Gasteiger charge is -2.16. The monoisotopic (exact) mass is 434 g/mol. The van der Waals surface area contributed by atoms with E-state index in [1.807, 2.05) is 19.9 Å². The summed E-state index contributed by atoms with van der Waals surface area (Å²) in [7, 11) is 0. The summed E-state index contributed by atoms with van der Waals surface area (Å²) < 4.78 is 5.75. The predicted molar refractivity (Wildman–Crippen MR) is 120 cm³/mol. The molecule has 1 aromatic heterocycles. The average molecular weight is 434 g/mol. The molecule has 0 spiro atoms. The van der Waals surface area contributed by atoms with Crippen LogP contribution in [0.15, 0.2) is 57.9 Å². The molecular formula is C23H18N2O5S. The molecule has 1 fully saturated rings. The van der Waals surface area contributed by atoms with Crippen molar-refractivity contribution in [3.63, 3.8) is 0 Å². The summed E-state index contributed by atoms with van der Waals surface area (Å²) in [5, 5.41) is 11.0. The van der Waals surface area contributed by atoms with Gasteiger partial charge in [0.1, 0.15) is 11.5 Å². The molecule has 7 nitrogen and oxygen atoms in total. The Morgan fingerprint density at radius 3 is 2.58 bits per heavy atom. The second-order valence-electron chi connectivity index (χ2n) is 7.22. The maximum absolute atomic E-state index is 12.9. The number of anilines is 1. The molecule has 2 heterocycles. The molecule has 31 heavy (non-hydrogen) atoms. The molecule has 156 valence electrons. The van der Waals surface area contributed by atoms with Gasteiger partial charge in [-0.05, 0) is 73.5 Å². The smallest absolute Gasteiger partial charge is 0.298 e. The van der Waals surface area contributed by atoms with Crippen molar-refractivity contribution in [3.05, 3.63) is 86.0 Å². The van der Waals surface area contributed by atoms with Crippen LogP contribution in [0.5, 0.6) is 0 Å². The van der Waals surface area contributed by atoms with Crippen LogP contribution in [0.25, 0.3) is 17.4 Å². The largest absolute Gasteiger partial charge is 0.456 e. The Labute approximate surface area is 182 Å². The molecule has 0 bridgehead atoms. The van der Waals surface area contributed by atoms with Crippen molar-refractivity contribution in [2.75, 3.05) is 4.90 Å². The minimum atomic E-state index is -0.458. The van der Waals surface area contributed by atoms with Crippen LogP contribution in [0.1, 0.15) is 22.5 Å². The summed E-state index contributed by atoms with van der Waals surface area (Å²) in [4.78, 5) is 37.8. The first-order valence-corrected chi connectivity index (χ1v) is 10.3. The maximum Gasteiger partial charge on any atom is 0.298 e. The zero-order chi connectivity index (χ0) is 22.3. The van der Waals surface area contributed by atoms with E-state index in [0.29, 0.717) is 22.8 Å². The van der Waals surface area contributed by atoms with Gasteiger partial charge in [0.15, 0.2) is 0 Å². The van der Waals surface area contributed by atoms with Crippen molar-refractivity contribution in [2.24, 2.45) is 0 Å². The van der Waals surface area contributed by atoms with Crippen LogP contribution in [0.2, 0.25) is 0 Å². The first-order valence-electron chi connectivity index (χ1n) is 9.45. The topological polar surface area (TPSA) is 93.7 Å². The number of benzene rings is 2. The molecule has 0 unspecified atom stereocenters. The average Bonchev–Trinajstić information content (AvgIpc) is 3.29. The lowest BCUT2D eigenvalue weighted by atomic mass is 10.1. The number of carbonyl (C=O) groups is 2. The normalized spacial score (nSPS) is 15.2. The fourth-order valence-electron chi connectivity index (χ4n) is 3.36. The van der Waals surface area contributed by atoms with Crippen LogP contribution in [0.4, 0.5) is 16.2 Å². The number of hydrogen-bond donors (Lipinski definition) is 0. The first-order chi connectivity index (χ1) is 14.8. The van der Waals surface area contributed by atoms with Gasteiger partial charge in [-0.15, -0.1) is 0 Å². The van der Waals surface area contributed by atoms with Crippen molar-refractivity contribution in [2.45, 2.75) is 20.8 Å². The molecule has 1 aliphatic rings. The molecule has 2 amide bonds. The van der Waals surface area contributed by atoms with E-state index in [-0.39, 0.29) is 15.8 Å². The predicted octanol–water partition coefficient (Wildman–Crippen LogP) is 6.02. The Kier molecular flexibility index (Phi) is 5.24. The fourth-order valence-corrected chi connectivity index (χ4v) is 4.17. The van der Waals surface area contributed by atoms with Gasteiger partial charge in [0.2, 0.25) is 0 Å². The van der Waals surface area contributed by atoms with Gasteiger partial charge >= 0.3 is 0 Å². The standard InChI is InChI=1S/C23H18N2O5S/c1-13-7-9-17(19(11-13)25(28)29)20-10-8-16(30-20)12-21-22(26)24(23(27)31-21)18-6-4-5-14(2)15(18)3/h4-12H,1-3H3/b21-12+. The Balaban J connectivity index is 1.66. The second-order valence-corrected chi connectivity index (χ2v) is 8.21. The molecule has 0 atom stereocenters. The lowest BCUT2D eigenvalue weighted by Crippen LogP contribution is -2.28. The van der Waals surface area contributed by atoms with E-state index in [4.69, 9.17) is 4.42 Å². The summed E-state index contributed by atoms with van der Waals surface area (Å²) in [6.07, 6.45) is 1.49. The van der Waals surface area contributed by atoms with E-state index in [9.17, 15) is 19.7 Å². The highest BCUT2D eigenvalue weighted by atomic mass is 32.2. The lowest BCUT2D eigenvalue weighted by molar-refractivity contribution is -0.384. The number of thioether (sulfide) groups is 1. The van der Waals surface area contributed by atoms with Crippen molar-refractivity contribution >= 4 is 40.4 Å². The zero-order valence-corrected chi connectivity index (χ0v) is 17.9. The third-order valence-electron chi connectivity index (χ3n) is 5.13. The van der Waals surface area contributed by atoms with Crippen molar-refractivity contribution in [1.82, 2.24) is 0 Å². The van der Waals surface area contributed by atoms with Gasteiger partial charge in [0, 0.05) is 12.1 Å². The van der Waals surface area contributed by atoms with Crippen LogP contribution in [-0.4, -0.2) is 16.1 Å². The van der Waals surface area contributed by atoms with Crippen molar-refractivity contribution in [3.8, 4) is 11.3 Å². The van der Waals surface area contributed by atoms with Gasteiger partial charge < -0.3 is 4.42 Å². The Morgan fingerprint density at radius 1 is 1.06 bits per heavy atom. The number of nitro benzene ring substituents is 1. The third kappa shape index (κ3) is 3.77. The molecule has 2 aromatic carbocycles. The number of nitro groups is 1. The molecule has 3 aromatic rings. The molecule has 8 heteroatoms. The quantitative estimate of drug-likeness (QED) is 0.283. The summed E-state index contributed by atoms with van der Waals surface area (Å²) in [5.41, 5.74) is 3.45. The summed E-state index contributed by atoms with van der Waals surface area (Å²) in [5.74, 6) is 0.214. The first kappa shape index (κ1) is 20.6. The SMILES string of the molecule is Cc1ccc(-c2ccc(/C=C3/SC(=O)N(c4cccc(C)c4C)C3=O)o2)c([N+](=O)[O-])c1. The van der Waals surface area contributed by atoms with E-state index >= 15 is 0 Å². The number of amides is 2. The van der Waals surface area contributed by atoms with E-state index in [0.717, 1.165) is 33.4 Å². The summed E-state index contributed by atoms with van der Waals surface area (Å²) >= 11 is 0.831. The molecular weight excluding hydrogens is 416 g/mol. The maximum atomic E-state index is 12.9. The van der Waals surface area contributed by atoms with E-state index < -0.39 is 10.8 Å². The summed E-state index contributed by atoms with van der Waals surface area (Å²) in [6, 6.07) is 13.6. The van der Waals surface area contributed by atoms with E-state index in [1.54, 1.807) is 43.3 Å². The number of imide groups is 1. The molecule has 0 N–H and O–H groups in total. The highest BCUT2D eigenvalue weighted by Gasteiger charge is 2.37. The highest BCUT2D eigenvalue weighted by molar-refractivity contribution is 8.19. The second kappa shape index (κ2) is 7.88. The van der Waals surface area contributed by atoms with Gasteiger partial charge in [-0.25, -0.2) is 4.90 Å². The van der Waals surface area contributed by atoms with Gasteiger partial charge in [-0.2, -0.15) is 0 Å². The highest BCUT2D eigenvalue weighted by Crippen LogP contribution is 2.38. The number of nitrogens with zero attached hydrogens (tertiary/aromatic N) is 2. The zero-order valence-electron chi connectivity index (χ0n) is 17.0. The van der Waals surface area contributed by atoms with Gasteiger partial charge in [0.05, 0.1) is 21.1 Å². The molecule has 4 rings (SSSR count). The Bertz CT molecular complexity index is 1270. The van der Waals surface area contributed by atoms with Gasteiger partial charge in [-0.3, -0.25) is 19.7 Å². The molecule has 0 aliphatic carbocycles. The molecule has 0 saturated carbocycles. The number of aryl methyl sites for hydroxylation is 2. The number of rotatable bonds is 4. The van der Waals surface area contributed by atoms with E-state index in [2.05, 4.69) is 0 Å². The van der Waals surface area contributed by atoms with E-state index in [1.165, 1.54) is 12.1 Å². The van der Waals surface area contributed by atoms with Crippen LogP contribution in [-0.2, 0) is 4.79 Å². The van der Waals surface area contributed by atoms with Crippen LogP contribution in [0.3, 0.4) is 0 Å². The number of furan rings is 1. The molecule has 1 aliphatic heterocycles. The summed E-state index contributed by atoms with van der Waals surface area (Å²) in [6.45, 7) is 5.56. The number of carbonyl (C=O) groups excluding carboxylic acids is 2. The van der Waals surface area contributed by atoms with Crippen LogP contribution < -0.4 is 4.90 Å². The van der Waals surface area contributed by atoms with Crippen molar-refractivity contribution < 1.29 is 18.9 Å². The number of hydrogen-bond acceptors (Lipinski definition) is 6. The third-order valence-corrected chi connectivity index (χ3v) is 6.00. The van der Waals surface area contributed by atoms with Crippen molar-refractivity contribution in [1.29, 1.82) is 0 Å². The van der Waals surface area contributed by atoms with Gasteiger partial charge in [0.25, 0.3) is 16.8 Å². The molecule has 0 radical (unpaired) electrons. The fraction of sp³-hybridized carbons (Fsp3) is 0.130. The van der Waals surface area contributed by atoms with Gasteiger partial charge in [-0.1, -0.05) is 18.2 Å². The Morgan fingerprint density at radius 2 is 1.84 bits per heavy atom. The van der Waals surface area contributed by atoms with Crippen LogP contribution >= 0.6 is 11.8 Å². The minimum absolute atomic E-state index is 0.0591. The molecule has 1 saturated heterocycles. The Hall–Kier alpha value is -3.65. The van der Waals surface area contributed by atoms with Crippen LogP contribution in [0, 0.1) is 30.9 Å².